The molecule has 0 radical (unpaired) electrons. The fraction of sp³-hybridized carbons (Fsp3) is 0.462. The third-order valence-electron chi connectivity index (χ3n) is 5.85. The van der Waals surface area contributed by atoms with Gasteiger partial charge in [0, 0.05) is 29.8 Å². The van der Waals surface area contributed by atoms with E-state index in [2.05, 4.69) is 0 Å². The molecule has 0 bridgehead atoms. The highest BCUT2D eigenvalue weighted by Crippen LogP contribution is 2.35. The summed E-state index contributed by atoms with van der Waals surface area (Å²) in [5.41, 5.74) is 4.75. The first kappa shape index (κ1) is 24.0. The molecule has 0 aromatic heterocycles. The number of rotatable bonds is 4. The Morgan fingerprint density at radius 3 is 1.84 bits per heavy atom. The topological polar surface area (TPSA) is 81.1 Å². The summed E-state index contributed by atoms with van der Waals surface area (Å²) < 4.78 is 0. The van der Waals surface area contributed by atoms with E-state index in [0.29, 0.717) is 36.1 Å². The SMILES string of the molecule is Cc1cccc2c1C(=O)N(CC(C)C)C2O.Cc1cccc2c1C(O)N(CC(C)C)C2=O. The van der Waals surface area contributed by atoms with Gasteiger partial charge in [0.1, 0.15) is 0 Å². The lowest BCUT2D eigenvalue weighted by Gasteiger charge is -2.23. The second kappa shape index (κ2) is 9.43. The highest BCUT2D eigenvalue weighted by atomic mass is 16.3. The lowest BCUT2D eigenvalue weighted by molar-refractivity contribution is 0.0118. The number of hydrogen-bond donors (Lipinski definition) is 2. The molecule has 0 spiro atoms. The van der Waals surface area contributed by atoms with Crippen molar-refractivity contribution in [3.63, 3.8) is 0 Å². The summed E-state index contributed by atoms with van der Waals surface area (Å²) in [7, 11) is 0. The highest BCUT2D eigenvalue weighted by molar-refractivity contribution is 6.00. The molecule has 2 amide bonds. The second-order valence-corrected chi connectivity index (χ2v) is 9.53. The summed E-state index contributed by atoms with van der Waals surface area (Å²) in [6, 6.07) is 11.2. The summed E-state index contributed by atoms with van der Waals surface area (Å²) in [6.07, 6.45) is -1.55. The van der Waals surface area contributed by atoms with Crippen molar-refractivity contribution in [2.75, 3.05) is 13.1 Å². The van der Waals surface area contributed by atoms with E-state index in [0.717, 1.165) is 22.3 Å². The summed E-state index contributed by atoms with van der Waals surface area (Å²) in [5, 5.41) is 20.2. The number of nitrogens with zero attached hydrogens (tertiary/aromatic N) is 2. The Hall–Kier alpha value is -2.70. The molecular weight excluding hydrogens is 404 g/mol. The van der Waals surface area contributed by atoms with E-state index < -0.39 is 12.5 Å². The smallest absolute Gasteiger partial charge is 0.256 e. The largest absolute Gasteiger partial charge is 0.369 e. The molecule has 2 N–H and O–H groups in total. The van der Waals surface area contributed by atoms with Crippen LogP contribution in [-0.2, 0) is 0 Å². The van der Waals surface area contributed by atoms with Gasteiger partial charge in [-0.15, -0.1) is 0 Å². The zero-order valence-electron chi connectivity index (χ0n) is 19.8. The van der Waals surface area contributed by atoms with Crippen molar-refractivity contribution in [1.82, 2.24) is 9.80 Å². The van der Waals surface area contributed by atoms with Crippen LogP contribution in [-0.4, -0.2) is 44.9 Å². The average Bonchev–Trinajstić information content (AvgIpc) is 3.10. The molecule has 0 aliphatic carbocycles. The van der Waals surface area contributed by atoms with Crippen molar-refractivity contribution >= 4 is 11.8 Å². The maximum atomic E-state index is 12.1. The van der Waals surface area contributed by atoms with Crippen LogP contribution in [0, 0.1) is 25.7 Å². The minimum atomic E-state index is -0.773. The standard InChI is InChI=1S/2C13H17NO2/c2*1-8(2)7-14-12(15)10-6-4-5-9(3)11(10)13(14)16/h4-6,8,13,16H,7H2,1-3H3;4-6,8,12,15H,7H2,1-3H3. The zero-order chi connectivity index (χ0) is 23.7. The van der Waals surface area contributed by atoms with Gasteiger partial charge in [0.2, 0.25) is 0 Å². The number of aryl methyl sites for hydroxylation is 2. The van der Waals surface area contributed by atoms with Crippen molar-refractivity contribution in [2.24, 2.45) is 11.8 Å². The van der Waals surface area contributed by atoms with Gasteiger partial charge in [0.05, 0.1) is 5.56 Å². The normalized spacial score (nSPS) is 19.4. The minimum absolute atomic E-state index is 0.0469. The minimum Gasteiger partial charge on any atom is -0.369 e. The van der Waals surface area contributed by atoms with Gasteiger partial charge in [-0.25, -0.2) is 0 Å². The monoisotopic (exact) mass is 438 g/mol. The molecule has 2 heterocycles. The molecule has 2 aromatic carbocycles. The van der Waals surface area contributed by atoms with E-state index >= 15 is 0 Å². The Labute approximate surface area is 190 Å². The van der Waals surface area contributed by atoms with Crippen LogP contribution in [0.15, 0.2) is 36.4 Å². The number of aliphatic hydroxyl groups excluding tert-OH is 2. The number of carbonyl (C=O) groups is 2. The fourth-order valence-electron chi connectivity index (χ4n) is 4.40. The maximum Gasteiger partial charge on any atom is 0.256 e. The van der Waals surface area contributed by atoms with E-state index in [9.17, 15) is 19.8 Å². The van der Waals surface area contributed by atoms with Gasteiger partial charge in [-0.2, -0.15) is 0 Å². The third-order valence-corrected chi connectivity index (χ3v) is 5.85. The van der Waals surface area contributed by atoms with Crippen molar-refractivity contribution in [2.45, 2.75) is 54.0 Å². The predicted molar refractivity (Wildman–Crippen MR) is 124 cm³/mol. The fourth-order valence-corrected chi connectivity index (χ4v) is 4.40. The van der Waals surface area contributed by atoms with E-state index in [1.165, 1.54) is 0 Å². The molecular formula is C26H34N2O4. The Balaban J connectivity index is 0.000000181. The van der Waals surface area contributed by atoms with Gasteiger partial charge in [-0.1, -0.05) is 58.0 Å². The molecule has 2 atom stereocenters. The van der Waals surface area contributed by atoms with Crippen LogP contribution in [0.1, 0.15) is 83.1 Å². The average molecular weight is 439 g/mol. The summed E-state index contributed by atoms with van der Waals surface area (Å²) in [5.74, 6) is 0.607. The number of aliphatic hydroxyl groups is 2. The van der Waals surface area contributed by atoms with E-state index in [4.69, 9.17) is 0 Å². The Morgan fingerprint density at radius 2 is 1.31 bits per heavy atom. The molecule has 6 nitrogen and oxygen atoms in total. The molecule has 172 valence electrons. The van der Waals surface area contributed by atoms with Gasteiger partial charge < -0.3 is 20.0 Å². The predicted octanol–water partition coefficient (Wildman–Crippen LogP) is 4.20. The van der Waals surface area contributed by atoms with Crippen LogP contribution >= 0.6 is 0 Å². The van der Waals surface area contributed by atoms with E-state index in [1.54, 1.807) is 15.9 Å². The molecule has 6 heteroatoms. The molecule has 32 heavy (non-hydrogen) atoms. The first-order valence-electron chi connectivity index (χ1n) is 11.2. The quantitative estimate of drug-likeness (QED) is 0.750. The summed E-state index contributed by atoms with van der Waals surface area (Å²) in [4.78, 5) is 27.3. The molecule has 0 saturated carbocycles. The van der Waals surface area contributed by atoms with Crippen molar-refractivity contribution in [3.05, 3.63) is 69.8 Å². The molecule has 2 aliphatic heterocycles. The number of hydrogen-bond acceptors (Lipinski definition) is 4. The van der Waals surface area contributed by atoms with Crippen LogP contribution in [0.2, 0.25) is 0 Å². The van der Waals surface area contributed by atoms with Crippen LogP contribution in [0.3, 0.4) is 0 Å². The molecule has 2 aromatic rings. The Morgan fingerprint density at radius 1 is 0.781 bits per heavy atom. The van der Waals surface area contributed by atoms with E-state index in [-0.39, 0.29) is 11.8 Å². The number of amides is 2. The maximum absolute atomic E-state index is 12.1. The van der Waals surface area contributed by atoms with Gasteiger partial charge in [0.25, 0.3) is 11.8 Å². The van der Waals surface area contributed by atoms with Gasteiger partial charge >= 0.3 is 0 Å². The first-order valence-corrected chi connectivity index (χ1v) is 11.2. The summed E-state index contributed by atoms with van der Waals surface area (Å²) in [6.45, 7) is 13.2. The molecule has 0 saturated heterocycles. The van der Waals surface area contributed by atoms with Gasteiger partial charge in [-0.3, -0.25) is 9.59 Å². The molecule has 2 aliphatic rings. The zero-order valence-corrected chi connectivity index (χ0v) is 19.8. The van der Waals surface area contributed by atoms with Gasteiger partial charge in [0.15, 0.2) is 12.5 Å². The number of fused-ring (bicyclic) bond motifs is 2. The molecule has 4 rings (SSSR count). The van der Waals surface area contributed by atoms with Crippen LogP contribution in [0.25, 0.3) is 0 Å². The van der Waals surface area contributed by atoms with Crippen molar-refractivity contribution < 1.29 is 19.8 Å². The lowest BCUT2D eigenvalue weighted by Crippen LogP contribution is -2.31. The van der Waals surface area contributed by atoms with Crippen molar-refractivity contribution in [1.29, 1.82) is 0 Å². The highest BCUT2D eigenvalue weighted by Gasteiger charge is 2.37. The number of carbonyl (C=O) groups excluding carboxylic acids is 2. The van der Waals surface area contributed by atoms with E-state index in [1.807, 2.05) is 71.9 Å². The Kier molecular flexibility index (Phi) is 7.06. The number of benzene rings is 2. The van der Waals surface area contributed by atoms with Crippen LogP contribution < -0.4 is 0 Å². The molecule has 2 unspecified atom stereocenters. The molecule has 0 fully saturated rings. The van der Waals surface area contributed by atoms with Crippen LogP contribution in [0.4, 0.5) is 0 Å². The van der Waals surface area contributed by atoms with Crippen LogP contribution in [0.5, 0.6) is 0 Å². The Bertz CT molecular complexity index is 1010. The third kappa shape index (κ3) is 4.43. The lowest BCUT2D eigenvalue weighted by atomic mass is 10.0. The first-order chi connectivity index (χ1) is 15.0. The second-order valence-electron chi connectivity index (χ2n) is 9.53. The summed E-state index contributed by atoms with van der Waals surface area (Å²) >= 11 is 0. The van der Waals surface area contributed by atoms with Crippen molar-refractivity contribution in [3.8, 4) is 0 Å². The van der Waals surface area contributed by atoms with Gasteiger partial charge in [-0.05, 0) is 42.9 Å².